The Kier molecular flexibility index (Phi) is 9.51. The smallest absolute Gasteiger partial charge is 0.191 e. The molecule has 0 aliphatic carbocycles. The highest BCUT2D eigenvalue weighted by Crippen LogP contribution is 2.36. The molecule has 0 unspecified atom stereocenters. The normalized spacial score (nSPS) is 13.8. The van der Waals surface area contributed by atoms with Gasteiger partial charge in [0, 0.05) is 6.61 Å². The van der Waals surface area contributed by atoms with Gasteiger partial charge in [-0.05, 0) is 30.6 Å². The molecule has 4 heteroatoms. The molecule has 0 spiro atoms. The molecule has 0 aromatic rings. The van der Waals surface area contributed by atoms with E-state index in [9.17, 15) is 0 Å². The number of hydrogen-bond acceptors (Lipinski definition) is 1. The van der Waals surface area contributed by atoms with Gasteiger partial charge in [-0.15, -0.1) is 15.3 Å². The monoisotopic (exact) mass is 380 g/mol. The maximum Gasteiger partial charge on any atom is 0.191 e. The molecular weight excluding hydrogens is 344 g/mol. The van der Waals surface area contributed by atoms with Crippen molar-refractivity contribution in [1.82, 2.24) is 0 Å². The van der Waals surface area contributed by atoms with Gasteiger partial charge in [0.25, 0.3) is 0 Å². The SMILES string of the molecule is CC(C)(C)[Si](C)(C)OCCCCCCCC[Si](C)(C)Br. The minimum Gasteiger partial charge on any atom is -0.417 e. The number of halogens is 1. The van der Waals surface area contributed by atoms with E-state index in [-0.39, 0.29) is 0 Å². The Bertz CT molecular complexity index is 254. The van der Waals surface area contributed by atoms with Crippen LogP contribution in [-0.4, -0.2) is 21.6 Å². The molecule has 0 aromatic heterocycles. The number of hydrogen-bond donors (Lipinski definition) is 0. The van der Waals surface area contributed by atoms with Gasteiger partial charge in [-0.25, -0.2) is 0 Å². The Balaban J connectivity index is 3.46. The van der Waals surface area contributed by atoms with E-state index in [0.29, 0.717) is 5.04 Å². The van der Waals surface area contributed by atoms with Gasteiger partial charge in [-0.3, -0.25) is 0 Å². The molecule has 0 bridgehead atoms. The van der Waals surface area contributed by atoms with Crippen molar-refractivity contribution in [2.75, 3.05) is 6.61 Å². The standard InChI is InChI=1S/C16H37BrOSi2/c1-16(2,3)20(6,7)18-14-12-10-8-9-11-13-15-19(4,5)17/h8-15H2,1-7H3. The minimum absolute atomic E-state index is 0.347. The van der Waals surface area contributed by atoms with Crippen molar-refractivity contribution in [3.8, 4) is 0 Å². The highest BCUT2D eigenvalue weighted by molar-refractivity contribution is 9.26. The van der Waals surface area contributed by atoms with Gasteiger partial charge in [-0.2, -0.15) is 0 Å². The van der Waals surface area contributed by atoms with Crippen LogP contribution in [0.1, 0.15) is 59.3 Å². The summed E-state index contributed by atoms with van der Waals surface area (Å²) in [6.07, 6.45) is 8.17. The van der Waals surface area contributed by atoms with Crippen molar-refractivity contribution in [3.63, 3.8) is 0 Å². The molecule has 0 fully saturated rings. The molecule has 1 nitrogen and oxygen atoms in total. The molecule has 122 valence electrons. The molecule has 0 N–H and O–H groups in total. The van der Waals surface area contributed by atoms with Crippen LogP contribution in [0, 0.1) is 0 Å². The lowest BCUT2D eigenvalue weighted by molar-refractivity contribution is 0.277. The third kappa shape index (κ3) is 10.6. The molecule has 0 saturated carbocycles. The zero-order chi connectivity index (χ0) is 15.9. The molecule has 0 aromatic carbocycles. The zero-order valence-electron chi connectivity index (χ0n) is 14.9. The van der Waals surface area contributed by atoms with Gasteiger partial charge < -0.3 is 4.43 Å². The average molecular weight is 382 g/mol. The summed E-state index contributed by atoms with van der Waals surface area (Å²) in [4.78, 5) is 0. The fourth-order valence-electron chi connectivity index (χ4n) is 1.90. The predicted octanol–water partition coefficient (Wildman–Crippen LogP) is 6.95. The van der Waals surface area contributed by atoms with E-state index in [1.807, 2.05) is 0 Å². The maximum atomic E-state index is 6.20. The van der Waals surface area contributed by atoms with Crippen molar-refractivity contribution in [3.05, 3.63) is 0 Å². The fourth-order valence-corrected chi connectivity index (χ4v) is 4.92. The Labute approximate surface area is 138 Å². The van der Waals surface area contributed by atoms with Crippen LogP contribution in [0.2, 0.25) is 37.3 Å². The van der Waals surface area contributed by atoms with Gasteiger partial charge in [-0.1, -0.05) is 66.0 Å². The largest absolute Gasteiger partial charge is 0.417 e. The van der Waals surface area contributed by atoms with E-state index in [4.69, 9.17) is 4.43 Å². The predicted molar refractivity (Wildman–Crippen MR) is 102 cm³/mol. The van der Waals surface area contributed by atoms with Crippen LogP contribution >= 0.6 is 15.3 Å². The first-order valence-electron chi connectivity index (χ1n) is 8.29. The quantitative estimate of drug-likeness (QED) is 0.226. The third-order valence-corrected chi connectivity index (χ3v) is 11.7. The Morgan fingerprint density at radius 1 is 0.800 bits per heavy atom. The lowest BCUT2D eigenvalue weighted by Gasteiger charge is -2.36. The Hall–Kier alpha value is 0.874. The first-order chi connectivity index (χ1) is 8.96. The van der Waals surface area contributed by atoms with Gasteiger partial charge in [0.1, 0.15) is 6.69 Å². The summed E-state index contributed by atoms with van der Waals surface area (Å²) < 4.78 is 6.20. The molecule has 0 saturated heterocycles. The van der Waals surface area contributed by atoms with E-state index >= 15 is 0 Å². The molecular formula is C16H37BrOSi2. The van der Waals surface area contributed by atoms with Crippen molar-refractivity contribution in [1.29, 1.82) is 0 Å². The molecule has 0 atom stereocenters. The zero-order valence-corrected chi connectivity index (χ0v) is 18.5. The number of unbranched alkanes of at least 4 members (excludes halogenated alkanes) is 5. The maximum absolute atomic E-state index is 6.20. The van der Waals surface area contributed by atoms with E-state index in [1.54, 1.807) is 0 Å². The second-order valence-electron chi connectivity index (χ2n) is 8.20. The van der Waals surface area contributed by atoms with Crippen LogP contribution in [0.4, 0.5) is 0 Å². The summed E-state index contributed by atoms with van der Waals surface area (Å²) in [5.41, 5.74) is 0. The van der Waals surface area contributed by atoms with Crippen molar-refractivity contribution < 1.29 is 4.43 Å². The van der Waals surface area contributed by atoms with E-state index in [1.165, 1.54) is 44.6 Å². The summed E-state index contributed by atoms with van der Waals surface area (Å²) in [5, 5.41) is 0.347. The van der Waals surface area contributed by atoms with Crippen LogP contribution in [0.5, 0.6) is 0 Å². The van der Waals surface area contributed by atoms with Crippen molar-refractivity contribution >= 4 is 30.3 Å². The third-order valence-electron chi connectivity index (χ3n) is 4.43. The summed E-state index contributed by atoms with van der Waals surface area (Å²) in [7, 11) is -1.51. The van der Waals surface area contributed by atoms with E-state index < -0.39 is 15.0 Å². The lowest BCUT2D eigenvalue weighted by Crippen LogP contribution is -2.40. The fraction of sp³-hybridized carbons (Fsp3) is 1.00. The first-order valence-corrected chi connectivity index (χ1v) is 16.7. The topological polar surface area (TPSA) is 9.23 Å². The van der Waals surface area contributed by atoms with Crippen LogP contribution < -0.4 is 0 Å². The molecule has 20 heavy (non-hydrogen) atoms. The van der Waals surface area contributed by atoms with E-state index in [2.05, 4.69) is 62.3 Å². The van der Waals surface area contributed by atoms with Gasteiger partial charge >= 0.3 is 0 Å². The second-order valence-corrected chi connectivity index (χ2v) is 23.4. The molecule has 0 aliphatic rings. The highest BCUT2D eigenvalue weighted by Gasteiger charge is 2.36. The van der Waals surface area contributed by atoms with Gasteiger partial charge in [0.05, 0.1) is 0 Å². The highest BCUT2D eigenvalue weighted by atomic mass is 79.9. The second kappa shape index (κ2) is 9.11. The van der Waals surface area contributed by atoms with Crippen LogP contribution in [0.15, 0.2) is 0 Å². The van der Waals surface area contributed by atoms with E-state index in [0.717, 1.165) is 6.61 Å². The molecule has 0 heterocycles. The van der Waals surface area contributed by atoms with Crippen LogP contribution in [0.25, 0.3) is 0 Å². The number of rotatable bonds is 10. The van der Waals surface area contributed by atoms with Gasteiger partial charge in [0.2, 0.25) is 0 Å². The lowest BCUT2D eigenvalue weighted by atomic mass is 10.1. The summed E-state index contributed by atoms with van der Waals surface area (Å²) in [6, 6.07) is 1.42. The molecule has 0 radical (unpaired) electrons. The Morgan fingerprint density at radius 2 is 1.25 bits per heavy atom. The first kappa shape index (κ1) is 20.9. The molecule has 0 rings (SSSR count). The summed E-state index contributed by atoms with van der Waals surface area (Å²) >= 11 is 3.84. The summed E-state index contributed by atoms with van der Waals surface area (Å²) in [6.45, 7) is 16.4. The molecule has 0 aliphatic heterocycles. The van der Waals surface area contributed by atoms with Crippen LogP contribution in [0.3, 0.4) is 0 Å². The van der Waals surface area contributed by atoms with Gasteiger partial charge in [0.15, 0.2) is 8.32 Å². The summed E-state index contributed by atoms with van der Waals surface area (Å²) in [5.74, 6) is 0. The van der Waals surface area contributed by atoms with Crippen molar-refractivity contribution in [2.24, 2.45) is 0 Å². The Morgan fingerprint density at radius 3 is 1.70 bits per heavy atom. The van der Waals surface area contributed by atoms with Crippen LogP contribution in [-0.2, 0) is 4.43 Å². The van der Waals surface area contributed by atoms with Crippen molar-refractivity contribution in [2.45, 2.75) is 96.6 Å². The average Bonchev–Trinajstić information content (AvgIpc) is 2.23. The minimum atomic E-state index is -1.51. The molecule has 0 amide bonds.